The molecule has 3 heteroatoms. The van der Waals surface area contributed by atoms with Gasteiger partial charge in [0.2, 0.25) is 0 Å². The van der Waals surface area contributed by atoms with E-state index in [1.54, 1.807) is 7.11 Å². The molecule has 0 unspecified atom stereocenters. The van der Waals surface area contributed by atoms with E-state index in [0.717, 1.165) is 23.3 Å². The average Bonchev–Trinajstić information content (AvgIpc) is 2.11. The summed E-state index contributed by atoms with van der Waals surface area (Å²) < 4.78 is 5.19. The first-order valence-electron chi connectivity index (χ1n) is 4.22. The van der Waals surface area contributed by atoms with Crippen molar-refractivity contribution in [3.63, 3.8) is 0 Å². The van der Waals surface area contributed by atoms with Gasteiger partial charge in [0.25, 0.3) is 0 Å². The van der Waals surface area contributed by atoms with Crippen molar-refractivity contribution in [3.05, 3.63) is 28.3 Å². The maximum absolute atomic E-state index is 6.11. The van der Waals surface area contributed by atoms with Crippen LogP contribution in [0.15, 0.2) is 12.1 Å². The molecular weight excluding hydrogens is 186 g/mol. The Morgan fingerprint density at radius 1 is 1.46 bits per heavy atom. The van der Waals surface area contributed by atoms with Crippen LogP contribution in [0.25, 0.3) is 0 Å². The second kappa shape index (κ2) is 4.49. The van der Waals surface area contributed by atoms with E-state index >= 15 is 0 Å². The Hall–Kier alpha value is -0.730. The van der Waals surface area contributed by atoms with Gasteiger partial charge in [-0.25, -0.2) is 0 Å². The van der Waals surface area contributed by atoms with Gasteiger partial charge in [0.15, 0.2) is 0 Å². The fourth-order valence-corrected chi connectivity index (χ4v) is 1.68. The van der Waals surface area contributed by atoms with E-state index in [1.807, 2.05) is 19.1 Å². The lowest BCUT2D eigenvalue weighted by atomic mass is 10.1. The lowest BCUT2D eigenvalue weighted by Crippen LogP contribution is -2.04. The fourth-order valence-electron chi connectivity index (χ4n) is 1.29. The van der Waals surface area contributed by atoms with Gasteiger partial charge in [-0.2, -0.15) is 0 Å². The van der Waals surface area contributed by atoms with Crippen molar-refractivity contribution in [1.82, 2.24) is 0 Å². The van der Waals surface area contributed by atoms with Gasteiger partial charge in [0.1, 0.15) is 5.75 Å². The predicted molar refractivity (Wildman–Crippen MR) is 55.5 cm³/mol. The number of methoxy groups -OCH3 is 1. The largest absolute Gasteiger partial charge is 0.495 e. The Kier molecular flexibility index (Phi) is 3.58. The third kappa shape index (κ3) is 2.14. The van der Waals surface area contributed by atoms with E-state index in [-0.39, 0.29) is 0 Å². The van der Waals surface area contributed by atoms with Crippen LogP contribution in [0.5, 0.6) is 5.75 Å². The highest BCUT2D eigenvalue weighted by molar-refractivity contribution is 6.33. The van der Waals surface area contributed by atoms with Crippen LogP contribution in [0.4, 0.5) is 0 Å². The Balaban J connectivity index is 3.11. The SMILES string of the molecule is COc1c(C)ccc(CCN)c1Cl. The molecule has 0 spiro atoms. The second-order valence-electron chi connectivity index (χ2n) is 2.93. The molecule has 2 N–H and O–H groups in total. The van der Waals surface area contributed by atoms with Crippen molar-refractivity contribution >= 4 is 11.6 Å². The lowest BCUT2D eigenvalue weighted by molar-refractivity contribution is 0.411. The van der Waals surface area contributed by atoms with Gasteiger partial charge in [0, 0.05) is 0 Å². The van der Waals surface area contributed by atoms with E-state index in [1.165, 1.54) is 0 Å². The van der Waals surface area contributed by atoms with Crippen LogP contribution in [0, 0.1) is 6.92 Å². The minimum Gasteiger partial charge on any atom is -0.495 e. The molecule has 0 aliphatic heterocycles. The Bertz CT molecular complexity index is 299. The van der Waals surface area contributed by atoms with Gasteiger partial charge in [0.05, 0.1) is 12.1 Å². The van der Waals surface area contributed by atoms with Gasteiger partial charge in [-0.3, -0.25) is 0 Å². The summed E-state index contributed by atoms with van der Waals surface area (Å²) in [4.78, 5) is 0. The molecule has 0 aliphatic rings. The standard InChI is InChI=1S/C10H14ClNO/c1-7-3-4-8(5-6-12)9(11)10(7)13-2/h3-4H,5-6,12H2,1-2H3. The third-order valence-electron chi connectivity index (χ3n) is 1.99. The summed E-state index contributed by atoms with van der Waals surface area (Å²) >= 11 is 6.11. The van der Waals surface area contributed by atoms with E-state index in [9.17, 15) is 0 Å². The monoisotopic (exact) mass is 199 g/mol. The highest BCUT2D eigenvalue weighted by Gasteiger charge is 2.08. The van der Waals surface area contributed by atoms with Crippen molar-refractivity contribution in [3.8, 4) is 5.75 Å². The molecule has 1 aromatic carbocycles. The molecule has 0 aromatic heterocycles. The molecule has 0 fully saturated rings. The molecule has 0 atom stereocenters. The van der Waals surface area contributed by atoms with Gasteiger partial charge in [-0.05, 0) is 31.0 Å². The number of halogens is 1. The third-order valence-corrected chi connectivity index (χ3v) is 2.41. The summed E-state index contributed by atoms with van der Waals surface area (Å²) in [6, 6.07) is 3.99. The van der Waals surface area contributed by atoms with E-state index in [2.05, 4.69) is 0 Å². The smallest absolute Gasteiger partial charge is 0.140 e. The Labute approximate surface area is 83.6 Å². The van der Waals surface area contributed by atoms with Crippen LogP contribution in [-0.4, -0.2) is 13.7 Å². The maximum Gasteiger partial charge on any atom is 0.140 e. The lowest BCUT2D eigenvalue weighted by Gasteiger charge is -2.10. The molecule has 0 saturated carbocycles. The summed E-state index contributed by atoms with van der Waals surface area (Å²) in [7, 11) is 1.63. The Morgan fingerprint density at radius 2 is 2.15 bits per heavy atom. The van der Waals surface area contributed by atoms with Crippen LogP contribution in [0.1, 0.15) is 11.1 Å². The minimum absolute atomic E-state index is 0.603. The Morgan fingerprint density at radius 3 is 2.69 bits per heavy atom. The van der Waals surface area contributed by atoms with Crippen molar-refractivity contribution in [2.75, 3.05) is 13.7 Å². The number of benzene rings is 1. The zero-order valence-electron chi connectivity index (χ0n) is 7.93. The topological polar surface area (TPSA) is 35.2 Å². The number of rotatable bonds is 3. The van der Waals surface area contributed by atoms with E-state index in [0.29, 0.717) is 11.6 Å². The average molecular weight is 200 g/mol. The number of hydrogen-bond donors (Lipinski definition) is 1. The summed E-state index contributed by atoms with van der Waals surface area (Å²) in [6.07, 6.45) is 0.787. The highest BCUT2D eigenvalue weighted by Crippen LogP contribution is 2.31. The molecule has 13 heavy (non-hydrogen) atoms. The van der Waals surface area contributed by atoms with Crippen LogP contribution in [-0.2, 0) is 6.42 Å². The molecule has 0 amide bonds. The second-order valence-corrected chi connectivity index (χ2v) is 3.31. The van der Waals surface area contributed by atoms with Crippen molar-refractivity contribution < 1.29 is 4.74 Å². The van der Waals surface area contributed by atoms with Gasteiger partial charge in [-0.15, -0.1) is 0 Å². The molecule has 0 heterocycles. The zero-order chi connectivity index (χ0) is 9.84. The van der Waals surface area contributed by atoms with Gasteiger partial charge in [-0.1, -0.05) is 23.7 Å². The number of ether oxygens (including phenoxy) is 1. The molecule has 1 rings (SSSR count). The highest BCUT2D eigenvalue weighted by atomic mass is 35.5. The molecule has 1 aromatic rings. The van der Waals surface area contributed by atoms with Gasteiger partial charge < -0.3 is 10.5 Å². The molecule has 0 radical (unpaired) electrons. The van der Waals surface area contributed by atoms with Crippen LogP contribution < -0.4 is 10.5 Å². The summed E-state index contributed by atoms with van der Waals surface area (Å²) in [5.74, 6) is 0.757. The van der Waals surface area contributed by atoms with Crippen LogP contribution in [0.2, 0.25) is 5.02 Å². The molecule has 0 bridgehead atoms. The first kappa shape index (κ1) is 10.4. The van der Waals surface area contributed by atoms with Crippen LogP contribution >= 0.6 is 11.6 Å². The van der Waals surface area contributed by atoms with Crippen LogP contribution in [0.3, 0.4) is 0 Å². The molecule has 2 nitrogen and oxygen atoms in total. The molecule has 0 saturated heterocycles. The zero-order valence-corrected chi connectivity index (χ0v) is 8.69. The molecular formula is C10H14ClNO. The quantitative estimate of drug-likeness (QED) is 0.810. The number of hydrogen-bond acceptors (Lipinski definition) is 2. The normalized spacial score (nSPS) is 10.2. The first-order valence-corrected chi connectivity index (χ1v) is 4.60. The fraction of sp³-hybridized carbons (Fsp3) is 0.400. The molecule has 72 valence electrons. The maximum atomic E-state index is 6.11. The minimum atomic E-state index is 0.603. The van der Waals surface area contributed by atoms with E-state index < -0.39 is 0 Å². The van der Waals surface area contributed by atoms with E-state index in [4.69, 9.17) is 22.1 Å². The summed E-state index contributed by atoms with van der Waals surface area (Å²) in [6.45, 7) is 2.57. The number of nitrogens with two attached hydrogens (primary N) is 1. The van der Waals surface area contributed by atoms with Crippen molar-refractivity contribution in [2.45, 2.75) is 13.3 Å². The molecule has 0 aliphatic carbocycles. The van der Waals surface area contributed by atoms with Gasteiger partial charge >= 0.3 is 0 Å². The predicted octanol–water partition coefficient (Wildman–Crippen LogP) is 2.16. The van der Waals surface area contributed by atoms with Crippen molar-refractivity contribution in [1.29, 1.82) is 0 Å². The summed E-state index contributed by atoms with van der Waals surface area (Å²) in [5.41, 5.74) is 7.56. The number of aryl methyl sites for hydroxylation is 1. The van der Waals surface area contributed by atoms with Crippen molar-refractivity contribution in [2.24, 2.45) is 5.73 Å². The first-order chi connectivity index (χ1) is 6.20. The summed E-state index contributed by atoms with van der Waals surface area (Å²) in [5, 5.41) is 0.688.